The summed E-state index contributed by atoms with van der Waals surface area (Å²) in [4.78, 5) is 12.3. The van der Waals surface area contributed by atoms with Gasteiger partial charge in [-0.05, 0) is 28.5 Å². The molecule has 0 aliphatic heterocycles. The van der Waals surface area contributed by atoms with Gasteiger partial charge >= 0.3 is 5.97 Å². The first-order chi connectivity index (χ1) is 11.2. The van der Waals surface area contributed by atoms with Crippen LogP contribution in [-0.4, -0.2) is 16.8 Å². The third-order valence-corrected chi connectivity index (χ3v) is 5.02. The van der Waals surface area contributed by atoms with Crippen molar-refractivity contribution in [3.63, 3.8) is 0 Å². The lowest BCUT2D eigenvalue weighted by molar-refractivity contribution is -0.137. The summed E-state index contributed by atoms with van der Waals surface area (Å²) in [5.41, 5.74) is 1.09. The quantitative estimate of drug-likeness (QED) is 0.635. The van der Waals surface area contributed by atoms with Gasteiger partial charge in [0.15, 0.2) is 0 Å². The lowest BCUT2D eigenvalue weighted by atomic mass is 9.98. The number of rotatable bonds is 6. The minimum atomic E-state index is -0.752. The van der Waals surface area contributed by atoms with Crippen molar-refractivity contribution < 1.29 is 9.90 Å². The first kappa shape index (κ1) is 15.6. The molecule has 3 heteroatoms. The highest BCUT2D eigenvalue weighted by molar-refractivity contribution is 7.99. The predicted octanol–water partition coefficient (Wildman–Crippen LogP) is 5.19. The molecule has 0 saturated carbocycles. The molecular weight excluding hydrogens is 304 g/mol. The van der Waals surface area contributed by atoms with Gasteiger partial charge in [0, 0.05) is 16.6 Å². The Labute approximate surface area is 140 Å². The van der Waals surface area contributed by atoms with Gasteiger partial charge in [-0.2, -0.15) is 0 Å². The van der Waals surface area contributed by atoms with Gasteiger partial charge in [0.1, 0.15) is 0 Å². The number of carbonyl (C=O) groups is 1. The third kappa shape index (κ3) is 4.14. The van der Waals surface area contributed by atoms with E-state index in [4.69, 9.17) is 0 Å². The minimum absolute atomic E-state index is 0.0187. The molecule has 1 N–H and O–H groups in total. The van der Waals surface area contributed by atoms with Crippen LogP contribution in [0, 0.1) is 0 Å². The SMILES string of the molecule is O=C(O)C[C@@H](CSc1ccc2ccccc2c1)c1ccccc1. The van der Waals surface area contributed by atoms with Gasteiger partial charge in [-0.1, -0.05) is 60.7 Å². The molecule has 3 aromatic rings. The molecule has 0 fully saturated rings. The molecule has 0 amide bonds. The van der Waals surface area contributed by atoms with Crippen LogP contribution in [0.25, 0.3) is 10.8 Å². The van der Waals surface area contributed by atoms with E-state index in [1.54, 1.807) is 11.8 Å². The lowest BCUT2D eigenvalue weighted by Crippen LogP contribution is -2.08. The zero-order valence-corrected chi connectivity index (χ0v) is 13.5. The third-order valence-electron chi connectivity index (χ3n) is 3.86. The number of hydrogen-bond donors (Lipinski definition) is 1. The van der Waals surface area contributed by atoms with Crippen molar-refractivity contribution in [3.05, 3.63) is 78.4 Å². The van der Waals surface area contributed by atoms with E-state index in [1.165, 1.54) is 15.7 Å². The zero-order chi connectivity index (χ0) is 16.1. The summed E-state index contributed by atoms with van der Waals surface area (Å²) >= 11 is 1.72. The summed E-state index contributed by atoms with van der Waals surface area (Å²) in [5.74, 6) is 0.0254. The van der Waals surface area contributed by atoms with Crippen LogP contribution in [0.1, 0.15) is 17.9 Å². The Morgan fingerprint density at radius 3 is 2.35 bits per heavy atom. The van der Waals surface area contributed by atoms with E-state index in [1.807, 2.05) is 42.5 Å². The Hall–Kier alpha value is -2.26. The standard InChI is InChI=1S/C20H18O2S/c21-20(22)13-18(15-6-2-1-3-7-15)14-23-19-11-10-16-8-4-5-9-17(16)12-19/h1-12,18H,13-14H2,(H,21,22)/t18-/m0/s1. The van der Waals surface area contributed by atoms with E-state index in [-0.39, 0.29) is 12.3 Å². The fraction of sp³-hybridized carbons (Fsp3) is 0.150. The first-order valence-corrected chi connectivity index (χ1v) is 8.59. The molecule has 2 nitrogen and oxygen atoms in total. The maximum Gasteiger partial charge on any atom is 0.303 e. The van der Waals surface area contributed by atoms with Crippen molar-refractivity contribution >= 4 is 28.5 Å². The smallest absolute Gasteiger partial charge is 0.303 e. The Morgan fingerprint density at radius 2 is 1.61 bits per heavy atom. The van der Waals surface area contributed by atoms with E-state index in [0.717, 1.165) is 11.3 Å². The van der Waals surface area contributed by atoms with Crippen molar-refractivity contribution in [2.75, 3.05) is 5.75 Å². The molecule has 3 rings (SSSR count). The van der Waals surface area contributed by atoms with Crippen molar-refractivity contribution in [3.8, 4) is 0 Å². The minimum Gasteiger partial charge on any atom is -0.481 e. The van der Waals surface area contributed by atoms with Crippen LogP contribution in [0.2, 0.25) is 0 Å². The second kappa shape index (κ2) is 7.34. The largest absolute Gasteiger partial charge is 0.481 e. The fourth-order valence-electron chi connectivity index (χ4n) is 2.66. The van der Waals surface area contributed by atoms with Gasteiger partial charge in [0.2, 0.25) is 0 Å². The van der Waals surface area contributed by atoms with Crippen molar-refractivity contribution in [1.82, 2.24) is 0 Å². The Morgan fingerprint density at radius 1 is 0.913 bits per heavy atom. The maximum absolute atomic E-state index is 11.2. The van der Waals surface area contributed by atoms with Crippen LogP contribution in [0.4, 0.5) is 0 Å². The van der Waals surface area contributed by atoms with E-state index < -0.39 is 5.97 Å². The second-order valence-electron chi connectivity index (χ2n) is 5.53. The van der Waals surface area contributed by atoms with E-state index in [2.05, 4.69) is 30.3 Å². The second-order valence-corrected chi connectivity index (χ2v) is 6.62. The fourth-order valence-corrected chi connectivity index (χ4v) is 3.74. The number of aliphatic carboxylic acids is 1. The number of fused-ring (bicyclic) bond motifs is 1. The molecule has 0 saturated heterocycles. The van der Waals surface area contributed by atoms with Gasteiger partial charge in [-0.25, -0.2) is 0 Å². The number of hydrogen-bond acceptors (Lipinski definition) is 2. The lowest BCUT2D eigenvalue weighted by Gasteiger charge is -2.15. The molecule has 3 aromatic carbocycles. The average molecular weight is 322 g/mol. The summed E-state index contributed by atoms with van der Waals surface area (Å²) < 4.78 is 0. The first-order valence-electron chi connectivity index (χ1n) is 7.61. The van der Waals surface area contributed by atoms with E-state index >= 15 is 0 Å². The number of benzene rings is 3. The van der Waals surface area contributed by atoms with Crippen LogP contribution in [-0.2, 0) is 4.79 Å². The van der Waals surface area contributed by atoms with Gasteiger partial charge in [0.25, 0.3) is 0 Å². The summed E-state index contributed by atoms with van der Waals surface area (Å²) in [7, 11) is 0. The number of carboxylic acids is 1. The number of thioether (sulfide) groups is 1. The molecule has 0 radical (unpaired) electrons. The Bertz CT molecular complexity index is 799. The molecule has 0 bridgehead atoms. The Balaban J connectivity index is 1.75. The molecule has 0 heterocycles. The summed E-state index contributed by atoms with van der Waals surface area (Å²) in [6.45, 7) is 0. The van der Waals surface area contributed by atoms with Crippen molar-refractivity contribution in [2.24, 2.45) is 0 Å². The molecule has 0 aromatic heterocycles. The predicted molar refractivity (Wildman–Crippen MR) is 96.1 cm³/mol. The highest BCUT2D eigenvalue weighted by atomic mass is 32.2. The van der Waals surface area contributed by atoms with E-state index in [9.17, 15) is 9.90 Å². The molecule has 0 aliphatic rings. The summed E-state index contributed by atoms with van der Waals surface area (Å²) in [5, 5.41) is 11.6. The van der Waals surface area contributed by atoms with Crippen LogP contribution in [0.3, 0.4) is 0 Å². The van der Waals surface area contributed by atoms with Gasteiger partial charge in [0.05, 0.1) is 6.42 Å². The highest BCUT2D eigenvalue weighted by Gasteiger charge is 2.16. The monoisotopic (exact) mass is 322 g/mol. The molecule has 23 heavy (non-hydrogen) atoms. The van der Waals surface area contributed by atoms with Gasteiger partial charge in [-0.15, -0.1) is 11.8 Å². The average Bonchev–Trinajstić information content (AvgIpc) is 2.59. The van der Waals surface area contributed by atoms with Crippen LogP contribution in [0.5, 0.6) is 0 Å². The molecular formula is C20H18O2S. The van der Waals surface area contributed by atoms with Crippen LogP contribution < -0.4 is 0 Å². The van der Waals surface area contributed by atoms with Crippen molar-refractivity contribution in [1.29, 1.82) is 0 Å². The van der Waals surface area contributed by atoms with Gasteiger partial charge in [-0.3, -0.25) is 4.79 Å². The summed E-state index contributed by atoms with van der Waals surface area (Å²) in [6.07, 6.45) is 0.157. The highest BCUT2D eigenvalue weighted by Crippen LogP contribution is 2.30. The van der Waals surface area contributed by atoms with Crippen molar-refractivity contribution in [2.45, 2.75) is 17.2 Å². The zero-order valence-electron chi connectivity index (χ0n) is 12.7. The topological polar surface area (TPSA) is 37.3 Å². The normalized spacial score (nSPS) is 12.2. The number of carboxylic acid groups (broad SMARTS) is 1. The molecule has 0 spiro atoms. The molecule has 1 atom stereocenters. The summed E-state index contributed by atoms with van der Waals surface area (Å²) in [6, 6.07) is 24.6. The van der Waals surface area contributed by atoms with E-state index in [0.29, 0.717) is 0 Å². The van der Waals surface area contributed by atoms with Gasteiger partial charge < -0.3 is 5.11 Å². The molecule has 0 aliphatic carbocycles. The molecule has 116 valence electrons. The maximum atomic E-state index is 11.2. The van der Waals surface area contributed by atoms with Crippen LogP contribution >= 0.6 is 11.8 Å². The molecule has 0 unspecified atom stereocenters. The van der Waals surface area contributed by atoms with Crippen LogP contribution in [0.15, 0.2) is 77.7 Å². The Kier molecular flexibility index (Phi) is 4.99.